The summed E-state index contributed by atoms with van der Waals surface area (Å²) in [6, 6.07) is -0.821. The smallest absolute Gasteiger partial charge is 0.249 e. The maximum Gasteiger partial charge on any atom is 0.249 e. The third kappa shape index (κ3) is 5.01. The molecule has 5 rings (SSSR count). The van der Waals surface area contributed by atoms with Gasteiger partial charge in [-0.3, -0.25) is 19.3 Å². The van der Waals surface area contributed by atoms with Crippen molar-refractivity contribution in [2.75, 3.05) is 72.2 Å². The first kappa shape index (κ1) is 29.2. The van der Waals surface area contributed by atoms with E-state index in [1.807, 2.05) is 48.0 Å². The number of likely N-dealkylation sites (tertiary alicyclic amines) is 1. The number of amides is 3. The maximum atomic E-state index is 14.4. The SMILES string of the molecule is CCCN1CC=C[C@]2(CC)O[C@]34C=CCN(CCN5CCOCC5)C(=O)C3N(CCCCCO)C(=O)[C@@H]4[C@@H]2C1=O. The quantitative estimate of drug-likeness (QED) is 0.299. The molecule has 0 aromatic rings. The molecule has 1 unspecified atom stereocenters. The Morgan fingerprint density at radius 1 is 0.850 bits per heavy atom. The van der Waals surface area contributed by atoms with Crippen molar-refractivity contribution in [1.82, 2.24) is 19.6 Å². The molecule has 10 nitrogen and oxygen atoms in total. The summed E-state index contributed by atoms with van der Waals surface area (Å²) in [5, 5.41) is 9.29. The Bertz CT molecular complexity index is 1010. The third-order valence-electron chi connectivity index (χ3n) is 9.45. The predicted molar refractivity (Wildman–Crippen MR) is 149 cm³/mol. The van der Waals surface area contributed by atoms with Gasteiger partial charge >= 0.3 is 0 Å². The van der Waals surface area contributed by atoms with Crippen LogP contribution >= 0.6 is 0 Å². The van der Waals surface area contributed by atoms with Crippen molar-refractivity contribution in [2.45, 2.75) is 63.2 Å². The molecule has 5 atom stereocenters. The first-order valence-electron chi connectivity index (χ1n) is 15.3. The Kier molecular flexibility index (Phi) is 8.99. The minimum absolute atomic E-state index is 0.0564. The van der Waals surface area contributed by atoms with E-state index in [-0.39, 0.29) is 24.3 Å². The molecule has 0 saturated carbocycles. The molecular formula is C30H46N4O6. The fourth-order valence-corrected chi connectivity index (χ4v) is 7.43. The van der Waals surface area contributed by atoms with Crippen LogP contribution in [0, 0.1) is 11.8 Å². The predicted octanol–water partition coefficient (Wildman–Crippen LogP) is 1.05. The molecule has 0 aliphatic carbocycles. The minimum atomic E-state index is -1.20. The highest BCUT2D eigenvalue weighted by Gasteiger charge is 2.75. The van der Waals surface area contributed by atoms with Crippen molar-refractivity contribution in [1.29, 1.82) is 0 Å². The van der Waals surface area contributed by atoms with E-state index in [9.17, 15) is 19.5 Å². The number of nitrogens with zero attached hydrogens (tertiary/aromatic N) is 4. The Labute approximate surface area is 237 Å². The number of carbonyl (C=O) groups excluding carboxylic acids is 3. The van der Waals surface area contributed by atoms with E-state index in [0.29, 0.717) is 65.2 Å². The monoisotopic (exact) mass is 558 g/mol. The second-order valence-corrected chi connectivity index (χ2v) is 11.8. The van der Waals surface area contributed by atoms with Crippen LogP contribution in [-0.4, -0.2) is 132 Å². The molecule has 10 heteroatoms. The summed E-state index contributed by atoms with van der Waals surface area (Å²) >= 11 is 0. The van der Waals surface area contributed by atoms with E-state index >= 15 is 0 Å². The summed E-state index contributed by atoms with van der Waals surface area (Å²) in [4.78, 5) is 50.6. The minimum Gasteiger partial charge on any atom is -0.396 e. The molecule has 0 radical (unpaired) electrons. The molecule has 3 amide bonds. The molecule has 1 spiro atoms. The van der Waals surface area contributed by atoms with Crippen molar-refractivity contribution < 1.29 is 29.0 Å². The van der Waals surface area contributed by atoms with Crippen LogP contribution in [0.5, 0.6) is 0 Å². The lowest BCUT2D eigenvalue weighted by Gasteiger charge is -2.39. The van der Waals surface area contributed by atoms with Crippen LogP contribution in [-0.2, 0) is 23.9 Å². The molecule has 1 N–H and O–H groups in total. The highest BCUT2D eigenvalue weighted by atomic mass is 16.5. The number of rotatable bonds is 11. The summed E-state index contributed by atoms with van der Waals surface area (Å²) in [5.74, 6) is -1.77. The molecule has 0 aromatic heterocycles. The van der Waals surface area contributed by atoms with Crippen molar-refractivity contribution in [3.05, 3.63) is 24.3 Å². The molecule has 3 fully saturated rings. The molecule has 5 aliphatic heterocycles. The number of carbonyl (C=O) groups is 3. The summed E-state index contributed by atoms with van der Waals surface area (Å²) < 4.78 is 12.5. The van der Waals surface area contributed by atoms with Gasteiger partial charge in [0.25, 0.3) is 0 Å². The number of hydrogen-bond donors (Lipinski definition) is 1. The van der Waals surface area contributed by atoms with Crippen molar-refractivity contribution in [3.8, 4) is 0 Å². The zero-order valence-corrected chi connectivity index (χ0v) is 24.1. The summed E-state index contributed by atoms with van der Waals surface area (Å²) in [5.41, 5.74) is -2.14. The number of fused-ring (bicyclic) bond motifs is 2. The lowest BCUT2D eigenvalue weighted by Crippen LogP contribution is -2.57. The van der Waals surface area contributed by atoms with E-state index in [1.165, 1.54) is 0 Å². The van der Waals surface area contributed by atoms with E-state index in [0.717, 1.165) is 32.5 Å². The van der Waals surface area contributed by atoms with Crippen LogP contribution in [0.25, 0.3) is 0 Å². The van der Waals surface area contributed by atoms with Gasteiger partial charge in [0.1, 0.15) is 11.6 Å². The molecular weight excluding hydrogens is 512 g/mol. The Morgan fingerprint density at radius 2 is 1.57 bits per heavy atom. The fraction of sp³-hybridized carbons (Fsp3) is 0.767. The molecule has 5 heterocycles. The van der Waals surface area contributed by atoms with Crippen molar-refractivity contribution in [2.24, 2.45) is 11.8 Å². The maximum absolute atomic E-state index is 14.4. The second-order valence-electron chi connectivity index (χ2n) is 11.8. The molecule has 40 heavy (non-hydrogen) atoms. The van der Waals surface area contributed by atoms with Crippen LogP contribution in [0.3, 0.4) is 0 Å². The fourth-order valence-electron chi connectivity index (χ4n) is 7.43. The average Bonchev–Trinajstić information content (AvgIpc) is 3.26. The summed E-state index contributed by atoms with van der Waals surface area (Å²) in [7, 11) is 0. The van der Waals surface area contributed by atoms with Crippen molar-refractivity contribution >= 4 is 17.7 Å². The molecule has 222 valence electrons. The van der Waals surface area contributed by atoms with Gasteiger partial charge in [-0.1, -0.05) is 38.2 Å². The van der Waals surface area contributed by atoms with Crippen LogP contribution in [0.15, 0.2) is 24.3 Å². The van der Waals surface area contributed by atoms with Gasteiger partial charge in [0, 0.05) is 59.0 Å². The molecule has 3 saturated heterocycles. The number of morpholine rings is 1. The van der Waals surface area contributed by atoms with E-state index in [2.05, 4.69) is 4.90 Å². The summed E-state index contributed by atoms with van der Waals surface area (Å²) in [6.45, 7) is 10.5. The molecule has 5 aliphatic rings. The second kappa shape index (κ2) is 12.3. The lowest BCUT2D eigenvalue weighted by atomic mass is 9.73. The number of ether oxygens (including phenoxy) is 2. The van der Waals surface area contributed by atoms with Crippen LogP contribution in [0.1, 0.15) is 46.0 Å². The summed E-state index contributed by atoms with van der Waals surface area (Å²) in [6.07, 6.45) is 11.3. The lowest BCUT2D eigenvalue weighted by molar-refractivity contribution is -0.154. The largest absolute Gasteiger partial charge is 0.396 e. The Morgan fingerprint density at radius 3 is 2.27 bits per heavy atom. The van der Waals surface area contributed by atoms with Crippen molar-refractivity contribution in [3.63, 3.8) is 0 Å². The van der Waals surface area contributed by atoms with Gasteiger partial charge in [-0.25, -0.2) is 0 Å². The number of unbranched alkanes of at least 4 members (excludes halogenated alkanes) is 2. The van der Waals surface area contributed by atoms with Crippen LogP contribution < -0.4 is 0 Å². The standard InChI is InChI=1S/C30H46N4O6/c1-3-12-32-13-8-10-29(4-2)23(26(32)36)24-27(37)34(15-6-5-7-20-35)25-28(38)33(14-9-11-30(24,25)40-29)17-16-31-18-21-39-22-19-31/h8-11,23-25,35H,3-7,12-22H2,1-2H3/t23-,24+,25?,29+,30+/m1/s1. The zero-order chi connectivity index (χ0) is 28.3. The van der Waals surface area contributed by atoms with Gasteiger partial charge in [0.05, 0.1) is 30.7 Å². The number of hydrogen-bond acceptors (Lipinski definition) is 7. The topological polar surface area (TPSA) is 103 Å². The molecule has 0 bridgehead atoms. The third-order valence-corrected chi connectivity index (χ3v) is 9.45. The van der Waals surface area contributed by atoms with E-state index in [1.54, 1.807) is 4.90 Å². The van der Waals surface area contributed by atoms with Crippen LogP contribution in [0.4, 0.5) is 0 Å². The normalized spacial score (nSPS) is 34.2. The van der Waals surface area contributed by atoms with Gasteiger partial charge in [0.15, 0.2) is 0 Å². The van der Waals surface area contributed by atoms with Gasteiger partial charge in [-0.15, -0.1) is 0 Å². The Hall–Kier alpha value is -2.27. The van der Waals surface area contributed by atoms with E-state index < -0.39 is 29.1 Å². The zero-order valence-electron chi connectivity index (χ0n) is 24.1. The highest BCUT2D eigenvalue weighted by Crippen LogP contribution is 2.58. The van der Waals surface area contributed by atoms with E-state index in [4.69, 9.17) is 9.47 Å². The van der Waals surface area contributed by atoms with Gasteiger partial charge in [0.2, 0.25) is 17.7 Å². The number of aliphatic hydroxyl groups excluding tert-OH is 1. The van der Waals surface area contributed by atoms with Crippen LogP contribution in [0.2, 0.25) is 0 Å². The average molecular weight is 559 g/mol. The first-order valence-corrected chi connectivity index (χ1v) is 15.3. The number of aliphatic hydroxyl groups is 1. The van der Waals surface area contributed by atoms with Gasteiger partial charge in [-0.05, 0) is 32.1 Å². The van der Waals surface area contributed by atoms with Gasteiger partial charge in [-0.2, -0.15) is 0 Å². The highest BCUT2D eigenvalue weighted by molar-refractivity contribution is 6.00. The first-order chi connectivity index (χ1) is 19.4. The molecule has 0 aromatic carbocycles. The Balaban J connectivity index is 1.50. The van der Waals surface area contributed by atoms with Gasteiger partial charge < -0.3 is 29.3 Å².